The first-order chi connectivity index (χ1) is 16.0. The van der Waals surface area contributed by atoms with Gasteiger partial charge in [0.1, 0.15) is 0 Å². The molecular weight excluding hydrogens is 396 g/mol. The van der Waals surface area contributed by atoms with E-state index in [4.69, 9.17) is 0 Å². The van der Waals surface area contributed by atoms with Crippen LogP contribution in [0.25, 0.3) is 11.1 Å². The molecule has 0 unspecified atom stereocenters. The van der Waals surface area contributed by atoms with E-state index >= 15 is 0 Å². The quantitative estimate of drug-likeness (QED) is 0.340. The Morgan fingerprint density at radius 3 is 0.515 bits per heavy atom. The third kappa shape index (κ3) is 40.5. The molecule has 0 bridgehead atoms. The van der Waals surface area contributed by atoms with Crippen molar-refractivity contribution < 1.29 is 0 Å². The molecule has 0 spiro atoms. The lowest BCUT2D eigenvalue weighted by Gasteiger charge is -1.98. The lowest BCUT2D eigenvalue weighted by molar-refractivity contribution is 1.50. The molecule has 0 aromatic heterocycles. The van der Waals surface area contributed by atoms with Gasteiger partial charge in [-0.25, -0.2) is 0 Å². The maximum absolute atomic E-state index is 2.12. The zero-order valence-corrected chi connectivity index (χ0v) is 24.2. The third-order valence-electron chi connectivity index (χ3n) is 2.55. The number of benzene rings is 3. The third-order valence-corrected chi connectivity index (χ3v) is 2.55. The van der Waals surface area contributed by atoms with Crippen LogP contribution in [0.3, 0.4) is 0 Å². The van der Waals surface area contributed by atoms with Crippen LogP contribution in [0, 0.1) is 0 Å². The minimum absolute atomic E-state index is 0. The molecule has 0 aliphatic carbocycles. The van der Waals surface area contributed by atoms with Crippen LogP contribution in [0.2, 0.25) is 0 Å². The smallest absolute Gasteiger partial charge is 0.0184 e. The Balaban J connectivity index is -0.0000000555. The van der Waals surface area contributed by atoms with Gasteiger partial charge < -0.3 is 0 Å². The molecule has 0 nitrogen and oxygen atoms in total. The van der Waals surface area contributed by atoms with Gasteiger partial charge in [0.15, 0.2) is 0 Å². The Kier molecular flexibility index (Phi) is 92.0. The second-order valence-electron chi connectivity index (χ2n) is 3.89. The fourth-order valence-electron chi connectivity index (χ4n) is 1.65. The van der Waals surface area contributed by atoms with Crippen LogP contribution < -0.4 is 0 Å². The zero-order valence-electron chi connectivity index (χ0n) is 24.2. The summed E-state index contributed by atoms with van der Waals surface area (Å²) < 4.78 is 0. The first-order valence-electron chi connectivity index (χ1n) is 13.1. The molecule has 0 aliphatic rings. The molecule has 0 N–H and O–H groups in total. The van der Waals surface area contributed by atoms with Crippen LogP contribution >= 0.6 is 0 Å². The molecule has 0 heteroatoms. The lowest BCUT2D eigenvalue weighted by Crippen LogP contribution is -1.73. The summed E-state index contributed by atoms with van der Waals surface area (Å²) in [4.78, 5) is 0. The molecule has 0 saturated heterocycles. The van der Waals surface area contributed by atoms with Crippen molar-refractivity contribution in [2.24, 2.45) is 0 Å². The SMILES string of the molecule is C.CC.CC.CC.CC.CC.CC.CC.c1ccc(-c2ccccc2)cc1.c1ccccc1. The van der Waals surface area contributed by atoms with Gasteiger partial charge in [-0.1, -0.05) is 201 Å². The fraction of sp³-hybridized carbons (Fsp3) is 0.455. The van der Waals surface area contributed by atoms with Gasteiger partial charge in [-0.2, -0.15) is 0 Å². The Labute approximate surface area is 212 Å². The zero-order chi connectivity index (χ0) is 26.5. The Hall–Kier alpha value is -2.34. The van der Waals surface area contributed by atoms with E-state index < -0.39 is 0 Å². The molecule has 0 fully saturated rings. The van der Waals surface area contributed by atoms with E-state index in [1.54, 1.807) is 0 Å². The van der Waals surface area contributed by atoms with Crippen molar-refractivity contribution in [1.82, 2.24) is 0 Å². The van der Waals surface area contributed by atoms with E-state index in [0.29, 0.717) is 0 Å². The van der Waals surface area contributed by atoms with E-state index in [0.717, 1.165) is 0 Å². The average molecular weight is 459 g/mol. The van der Waals surface area contributed by atoms with Gasteiger partial charge in [0.05, 0.1) is 0 Å². The van der Waals surface area contributed by atoms with E-state index in [9.17, 15) is 0 Å². The highest BCUT2D eigenvalue weighted by Crippen LogP contribution is 2.17. The minimum Gasteiger partial charge on any atom is -0.0776 e. The van der Waals surface area contributed by atoms with Crippen molar-refractivity contribution >= 4 is 0 Å². The topological polar surface area (TPSA) is 0 Å². The molecule has 3 aromatic carbocycles. The normalized spacial score (nSPS) is 6.24. The van der Waals surface area contributed by atoms with Gasteiger partial charge in [-0.3, -0.25) is 0 Å². The standard InChI is InChI=1S/C12H10.C6H6.7C2H6.CH4/c1-3-7-11(8-4-1)12-9-5-2-6-10-12;1-2-4-6-5-3-1;7*1-2;/h1-10H;1-6H;7*1-2H3;1H4. The highest BCUT2D eigenvalue weighted by molar-refractivity contribution is 5.62. The van der Waals surface area contributed by atoms with E-state index in [-0.39, 0.29) is 7.43 Å². The van der Waals surface area contributed by atoms with Gasteiger partial charge in [0.2, 0.25) is 0 Å². The van der Waals surface area contributed by atoms with Crippen molar-refractivity contribution in [3.63, 3.8) is 0 Å². The summed E-state index contributed by atoms with van der Waals surface area (Å²) >= 11 is 0. The molecule has 0 saturated carbocycles. The first-order valence-corrected chi connectivity index (χ1v) is 13.1. The van der Waals surface area contributed by atoms with Crippen LogP contribution in [0.5, 0.6) is 0 Å². The Morgan fingerprint density at radius 2 is 0.364 bits per heavy atom. The highest BCUT2D eigenvalue weighted by atomic mass is 14.0. The first kappa shape index (κ1) is 48.2. The highest BCUT2D eigenvalue weighted by Gasteiger charge is 1.91. The molecule has 33 heavy (non-hydrogen) atoms. The van der Waals surface area contributed by atoms with Crippen LogP contribution in [-0.4, -0.2) is 0 Å². The van der Waals surface area contributed by atoms with Crippen molar-refractivity contribution in [3.05, 3.63) is 97.1 Å². The van der Waals surface area contributed by atoms with E-state index in [1.807, 2.05) is 145 Å². The predicted octanol–water partition coefficient (Wildman–Crippen LogP) is 12.9. The summed E-state index contributed by atoms with van der Waals surface area (Å²) in [5, 5.41) is 0. The maximum Gasteiger partial charge on any atom is -0.0184 e. The Bertz CT molecular complexity index is 463. The molecule has 0 heterocycles. The van der Waals surface area contributed by atoms with Crippen molar-refractivity contribution in [2.45, 2.75) is 104 Å². The molecule has 0 atom stereocenters. The maximum atomic E-state index is 2.12. The van der Waals surface area contributed by atoms with Gasteiger partial charge in [0, 0.05) is 0 Å². The second-order valence-corrected chi connectivity index (χ2v) is 3.89. The summed E-state index contributed by atoms with van der Waals surface area (Å²) in [6, 6.07) is 32.8. The van der Waals surface area contributed by atoms with Crippen molar-refractivity contribution in [1.29, 1.82) is 0 Å². The summed E-state index contributed by atoms with van der Waals surface area (Å²) in [6.07, 6.45) is 0. The molecule has 194 valence electrons. The second kappa shape index (κ2) is 63.0. The number of hydrogen-bond acceptors (Lipinski definition) is 0. The molecule has 0 aliphatic heterocycles. The summed E-state index contributed by atoms with van der Waals surface area (Å²) in [5.41, 5.74) is 2.55. The van der Waals surface area contributed by atoms with Gasteiger partial charge >= 0.3 is 0 Å². The monoisotopic (exact) mass is 458 g/mol. The van der Waals surface area contributed by atoms with E-state index in [1.165, 1.54) is 11.1 Å². The molecule has 0 radical (unpaired) electrons. The van der Waals surface area contributed by atoms with Crippen LogP contribution in [0.1, 0.15) is 104 Å². The minimum atomic E-state index is 0. The molecule has 0 amide bonds. The lowest BCUT2D eigenvalue weighted by atomic mass is 10.1. The van der Waals surface area contributed by atoms with Crippen molar-refractivity contribution in [3.8, 4) is 11.1 Å². The number of rotatable bonds is 1. The summed E-state index contributed by atoms with van der Waals surface area (Å²) in [6.45, 7) is 28.0. The van der Waals surface area contributed by atoms with Crippen LogP contribution in [0.15, 0.2) is 97.1 Å². The van der Waals surface area contributed by atoms with Crippen LogP contribution in [-0.2, 0) is 0 Å². The fourth-order valence-corrected chi connectivity index (χ4v) is 1.65. The molecular formula is C33H62. The average Bonchev–Trinajstić information content (AvgIpc) is 2.98. The predicted molar refractivity (Wildman–Crippen MR) is 164 cm³/mol. The summed E-state index contributed by atoms with van der Waals surface area (Å²) in [7, 11) is 0. The van der Waals surface area contributed by atoms with Gasteiger partial charge in [-0.15, -0.1) is 0 Å². The molecule has 3 rings (SSSR count). The van der Waals surface area contributed by atoms with E-state index in [2.05, 4.69) is 48.5 Å². The van der Waals surface area contributed by atoms with Gasteiger partial charge in [0.25, 0.3) is 0 Å². The van der Waals surface area contributed by atoms with Crippen molar-refractivity contribution in [2.75, 3.05) is 0 Å². The molecule has 3 aromatic rings. The largest absolute Gasteiger partial charge is 0.0776 e. The van der Waals surface area contributed by atoms with Crippen LogP contribution in [0.4, 0.5) is 0 Å². The summed E-state index contributed by atoms with van der Waals surface area (Å²) in [5.74, 6) is 0. The number of hydrogen-bond donors (Lipinski definition) is 0. The van der Waals surface area contributed by atoms with Gasteiger partial charge in [-0.05, 0) is 11.1 Å². The Morgan fingerprint density at radius 1 is 0.242 bits per heavy atom.